The van der Waals surface area contributed by atoms with Crippen molar-refractivity contribution >= 4 is 50.8 Å². The molecule has 7 rings (SSSR count). The summed E-state index contributed by atoms with van der Waals surface area (Å²) in [6.07, 6.45) is 1.22. The maximum Gasteiger partial charge on any atom is 0.410 e. The van der Waals surface area contributed by atoms with Crippen molar-refractivity contribution in [2.24, 2.45) is 5.92 Å². The van der Waals surface area contributed by atoms with Gasteiger partial charge in [-0.3, -0.25) is 14.5 Å². The number of carbonyl (C=O) groups excluding carboxylic acids is 3. The second-order valence-electron chi connectivity index (χ2n) is 15.6. The summed E-state index contributed by atoms with van der Waals surface area (Å²) >= 11 is 0. The fraction of sp³-hybridized carbons (Fsp3) is 0.333. The Morgan fingerprint density at radius 2 is 1.30 bits per heavy atom. The zero-order valence-corrected chi connectivity index (χ0v) is 32.7. The van der Waals surface area contributed by atoms with E-state index in [1.807, 2.05) is 131 Å². The molecule has 0 bridgehead atoms. The van der Waals surface area contributed by atoms with Crippen LogP contribution in [0.25, 0.3) is 21.5 Å². The van der Waals surface area contributed by atoms with E-state index in [-0.39, 0.29) is 17.9 Å². The van der Waals surface area contributed by atoms with Gasteiger partial charge in [0.1, 0.15) is 11.6 Å². The van der Waals surface area contributed by atoms with Crippen LogP contribution in [-0.4, -0.2) is 67.7 Å². The van der Waals surface area contributed by atoms with Crippen molar-refractivity contribution in [1.29, 1.82) is 0 Å². The minimum Gasteiger partial charge on any atom is -0.444 e. The first-order valence-electron chi connectivity index (χ1n) is 19.4. The lowest BCUT2D eigenvalue weighted by Gasteiger charge is -2.39. The number of ether oxygens (including phenoxy) is 1. The predicted molar refractivity (Wildman–Crippen MR) is 219 cm³/mol. The highest BCUT2D eigenvalue weighted by Gasteiger charge is 2.39. The fourth-order valence-corrected chi connectivity index (χ4v) is 7.55. The molecule has 2 atom stereocenters. The Morgan fingerprint density at radius 3 is 1.89 bits per heavy atom. The molecular formula is C45H49N7O4. The Bertz CT molecular complexity index is 2330. The number of benzene rings is 5. The lowest BCUT2D eigenvalue weighted by Crippen LogP contribution is -2.53. The molecular weight excluding hydrogens is 703 g/mol. The maximum absolute atomic E-state index is 15.3. The number of rotatable bonds is 10. The zero-order chi connectivity index (χ0) is 39.4. The number of fused-ring (bicyclic) bond motifs is 2. The van der Waals surface area contributed by atoms with Gasteiger partial charge in [0.15, 0.2) is 5.82 Å². The minimum absolute atomic E-state index is 0.163. The number of likely N-dealkylation sites (tertiary alicyclic amines) is 1. The van der Waals surface area contributed by atoms with Crippen molar-refractivity contribution in [3.63, 3.8) is 0 Å². The molecule has 0 saturated carbocycles. The summed E-state index contributed by atoms with van der Waals surface area (Å²) < 4.78 is 7.38. The van der Waals surface area contributed by atoms with E-state index >= 15 is 4.79 Å². The van der Waals surface area contributed by atoms with Crippen molar-refractivity contribution in [3.05, 3.63) is 127 Å². The third-order valence-electron chi connectivity index (χ3n) is 10.5. The van der Waals surface area contributed by atoms with Gasteiger partial charge >= 0.3 is 6.09 Å². The number of hydrogen-bond donors (Lipinski definition) is 0. The Kier molecular flexibility index (Phi) is 11.1. The number of piperidine rings is 1. The molecule has 56 heavy (non-hydrogen) atoms. The van der Waals surface area contributed by atoms with Crippen molar-refractivity contribution in [2.45, 2.75) is 78.1 Å². The van der Waals surface area contributed by atoms with Crippen molar-refractivity contribution in [1.82, 2.24) is 25.1 Å². The molecule has 0 aliphatic carbocycles. The highest BCUT2D eigenvalue weighted by atomic mass is 16.6. The summed E-state index contributed by atoms with van der Waals surface area (Å²) in [5.74, 6) is -0.318. The highest BCUT2D eigenvalue weighted by Crippen LogP contribution is 2.34. The normalized spacial score (nSPS) is 14.7. The molecule has 3 amide bonds. The molecule has 288 valence electrons. The van der Waals surface area contributed by atoms with E-state index in [0.29, 0.717) is 56.1 Å². The molecule has 0 spiro atoms. The summed E-state index contributed by atoms with van der Waals surface area (Å²) in [5.41, 5.74) is 1.83. The quantitative estimate of drug-likeness (QED) is 0.138. The zero-order valence-electron chi connectivity index (χ0n) is 32.7. The molecule has 1 aliphatic heterocycles. The van der Waals surface area contributed by atoms with Gasteiger partial charge in [0.05, 0.1) is 6.04 Å². The van der Waals surface area contributed by atoms with Gasteiger partial charge in [-0.05, 0) is 116 Å². The first-order chi connectivity index (χ1) is 27.0. The number of amides is 3. The molecule has 5 aromatic carbocycles. The van der Waals surface area contributed by atoms with Gasteiger partial charge in [-0.25, -0.2) is 9.48 Å². The predicted octanol–water partition coefficient (Wildman–Crippen LogP) is 8.39. The minimum atomic E-state index is -0.921. The van der Waals surface area contributed by atoms with Crippen LogP contribution in [0, 0.1) is 5.92 Å². The average Bonchev–Trinajstić information content (AvgIpc) is 3.68. The topological polar surface area (TPSA) is 114 Å². The van der Waals surface area contributed by atoms with Crippen LogP contribution in [0.3, 0.4) is 0 Å². The fourth-order valence-electron chi connectivity index (χ4n) is 7.55. The Morgan fingerprint density at radius 1 is 0.750 bits per heavy atom. The lowest BCUT2D eigenvalue weighted by molar-refractivity contribution is -0.128. The molecule has 1 fully saturated rings. The summed E-state index contributed by atoms with van der Waals surface area (Å²) in [4.78, 5) is 48.2. The number of hydrogen-bond acceptors (Lipinski definition) is 7. The number of carbonyl (C=O) groups is 3. The van der Waals surface area contributed by atoms with Gasteiger partial charge in [-0.2, -0.15) is 0 Å². The van der Waals surface area contributed by atoms with Gasteiger partial charge in [-0.15, -0.1) is 5.10 Å². The summed E-state index contributed by atoms with van der Waals surface area (Å²) in [7, 11) is 0. The molecule has 6 aromatic rings. The molecule has 11 nitrogen and oxygen atoms in total. The smallest absolute Gasteiger partial charge is 0.410 e. The molecule has 11 heteroatoms. The number of nitrogens with zero attached hydrogens (tertiary/aromatic N) is 7. The van der Waals surface area contributed by atoms with E-state index in [9.17, 15) is 9.59 Å². The van der Waals surface area contributed by atoms with Crippen molar-refractivity contribution < 1.29 is 19.1 Å². The molecule has 1 aliphatic rings. The van der Waals surface area contributed by atoms with Crippen LogP contribution in [0.15, 0.2) is 115 Å². The van der Waals surface area contributed by atoms with Crippen LogP contribution in [0.2, 0.25) is 0 Å². The van der Waals surface area contributed by atoms with E-state index in [1.54, 1.807) is 26.3 Å². The lowest BCUT2D eigenvalue weighted by atomic mass is 9.94. The molecule has 1 saturated heterocycles. The molecule has 0 N–H and O–H groups in total. The number of anilines is 2. The van der Waals surface area contributed by atoms with Crippen LogP contribution in [0.4, 0.5) is 16.2 Å². The largest absolute Gasteiger partial charge is 0.444 e. The maximum atomic E-state index is 15.3. The van der Waals surface area contributed by atoms with Crippen LogP contribution in [0.5, 0.6) is 0 Å². The molecule has 1 aromatic heterocycles. The monoisotopic (exact) mass is 751 g/mol. The van der Waals surface area contributed by atoms with Crippen LogP contribution >= 0.6 is 0 Å². The standard InChI is InChI=1S/C45H49N7O4/c1-31(41-46-47-48-50(41)28-23-33-13-7-6-8-14-33)51(39-21-19-34-15-9-11-17-37(34)29-39)42(53)32(2)52(40-22-20-35-16-10-12-18-38(35)30-40)43(54)36-24-26-49(27-25-36)44(55)56-45(3,4)5/h6-22,29-32,36H,23-28H2,1-5H3. The van der Waals surface area contributed by atoms with Gasteiger partial charge in [0.25, 0.3) is 5.91 Å². The molecule has 2 heterocycles. The van der Waals surface area contributed by atoms with Crippen molar-refractivity contribution in [3.8, 4) is 0 Å². The average molecular weight is 752 g/mol. The first-order valence-corrected chi connectivity index (χ1v) is 19.4. The summed E-state index contributed by atoms with van der Waals surface area (Å²) in [6, 6.07) is 36.4. The van der Waals surface area contributed by atoms with Gasteiger partial charge in [-0.1, -0.05) is 91.0 Å². The van der Waals surface area contributed by atoms with E-state index < -0.39 is 23.6 Å². The summed E-state index contributed by atoms with van der Waals surface area (Å²) in [6.45, 7) is 10.5. The Labute approximate surface area is 327 Å². The van der Waals surface area contributed by atoms with E-state index in [0.717, 1.165) is 27.1 Å². The van der Waals surface area contributed by atoms with Crippen LogP contribution in [0.1, 0.15) is 64.9 Å². The Balaban J connectivity index is 1.24. The van der Waals surface area contributed by atoms with Gasteiger partial charge < -0.3 is 14.5 Å². The molecule has 2 unspecified atom stereocenters. The van der Waals surface area contributed by atoms with Crippen LogP contribution in [-0.2, 0) is 27.3 Å². The third-order valence-corrected chi connectivity index (χ3v) is 10.5. The second-order valence-corrected chi connectivity index (χ2v) is 15.6. The second kappa shape index (κ2) is 16.3. The van der Waals surface area contributed by atoms with Gasteiger partial charge in [0, 0.05) is 36.9 Å². The number of aryl methyl sites for hydroxylation is 2. The Hall–Kier alpha value is -6.10. The van der Waals surface area contributed by atoms with E-state index in [1.165, 1.54) is 0 Å². The van der Waals surface area contributed by atoms with Crippen molar-refractivity contribution in [2.75, 3.05) is 22.9 Å². The SMILES string of the molecule is CC(C(=O)N(c1ccc2ccccc2c1)C(C)c1nnnn1CCc1ccccc1)N(C(=O)C1CCN(C(=O)OC(C)(C)C)CC1)c1ccc2ccccc2c1. The highest BCUT2D eigenvalue weighted by molar-refractivity contribution is 6.08. The van der Waals surface area contributed by atoms with E-state index in [4.69, 9.17) is 4.74 Å². The third kappa shape index (κ3) is 8.41. The van der Waals surface area contributed by atoms with E-state index in [2.05, 4.69) is 27.7 Å². The van der Waals surface area contributed by atoms with Gasteiger partial charge in [0.2, 0.25) is 5.91 Å². The molecule has 0 radical (unpaired) electrons. The summed E-state index contributed by atoms with van der Waals surface area (Å²) in [5, 5.41) is 16.8. The van der Waals surface area contributed by atoms with Crippen LogP contribution < -0.4 is 9.80 Å². The number of tetrazole rings is 1. The first kappa shape index (κ1) is 38.2. The number of aromatic nitrogens is 4.